The van der Waals surface area contributed by atoms with Crippen LogP contribution in [0, 0.1) is 6.92 Å². The molecule has 1 atom stereocenters. The van der Waals surface area contributed by atoms with Crippen molar-refractivity contribution in [3.05, 3.63) is 23.8 Å². The van der Waals surface area contributed by atoms with E-state index in [-0.39, 0.29) is 17.7 Å². The second-order valence-corrected chi connectivity index (χ2v) is 4.04. The second kappa shape index (κ2) is 5.16. The Morgan fingerprint density at radius 2 is 2.41 bits per heavy atom. The van der Waals surface area contributed by atoms with Crippen LogP contribution in [-0.4, -0.2) is 36.8 Å². The summed E-state index contributed by atoms with van der Waals surface area (Å²) in [5.41, 5.74) is 1.16. The van der Waals surface area contributed by atoms with Crippen molar-refractivity contribution in [3.8, 4) is 5.75 Å². The van der Waals surface area contributed by atoms with E-state index >= 15 is 0 Å². The summed E-state index contributed by atoms with van der Waals surface area (Å²) in [5.74, 6) is -0.0804. The van der Waals surface area contributed by atoms with Crippen LogP contribution in [0.4, 0.5) is 5.69 Å². The Kier molecular flexibility index (Phi) is 3.61. The fourth-order valence-corrected chi connectivity index (χ4v) is 1.71. The number of amides is 1. The van der Waals surface area contributed by atoms with E-state index in [4.69, 9.17) is 4.74 Å². The highest BCUT2D eigenvalue weighted by molar-refractivity contribution is 5.96. The smallest absolute Gasteiger partial charge is 0.244 e. The summed E-state index contributed by atoms with van der Waals surface area (Å²) < 4.78 is 5.21. The van der Waals surface area contributed by atoms with E-state index in [9.17, 15) is 9.90 Å². The lowest BCUT2D eigenvalue weighted by atomic mass is 10.2. The van der Waals surface area contributed by atoms with Gasteiger partial charge in [0.05, 0.1) is 18.9 Å². The summed E-state index contributed by atoms with van der Waals surface area (Å²) in [5, 5.41) is 15.5. The number of aromatic hydroxyl groups is 1. The van der Waals surface area contributed by atoms with Crippen LogP contribution in [0.5, 0.6) is 5.75 Å². The molecule has 0 bridgehead atoms. The molecule has 0 aromatic heterocycles. The van der Waals surface area contributed by atoms with Crippen molar-refractivity contribution < 1.29 is 14.6 Å². The molecule has 3 N–H and O–H groups in total. The Morgan fingerprint density at radius 1 is 1.59 bits per heavy atom. The summed E-state index contributed by atoms with van der Waals surface area (Å²) in [6.07, 6.45) is 0. The lowest BCUT2D eigenvalue weighted by Crippen LogP contribution is -2.48. The number of aryl methyl sites for hydroxylation is 1. The molecule has 1 amide bonds. The van der Waals surface area contributed by atoms with Crippen molar-refractivity contribution in [2.24, 2.45) is 0 Å². The van der Waals surface area contributed by atoms with E-state index < -0.39 is 0 Å². The van der Waals surface area contributed by atoms with Crippen LogP contribution in [0.1, 0.15) is 5.56 Å². The molecule has 1 fully saturated rings. The summed E-state index contributed by atoms with van der Waals surface area (Å²) in [4.78, 5) is 11.9. The van der Waals surface area contributed by atoms with Crippen LogP contribution in [0.15, 0.2) is 18.2 Å². The van der Waals surface area contributed by atoms with Gasteiger partial charge < -0.3 is 20.5 Å². The van der Waals surface area contributed by atoms with Gasteiger partial charge in [0.15, 0.2) is 0 Å². The number of morpholine rings is 1. The molecule has 5 nitrogen and oxygen atoms in total. The average molecular weight is 236 g/mol. The van der Waals surface area contributed by atoms with Crippen molar-refractivity contribution >= 4 is 11.6 Å². The first kappa shape index (κ1) is 11.9. The van der Waals surface area contributed by atoms with Crippen LogP contribution in [0.2, 0.25) is 0 Å². The Balaban J connectivity index is 2.04. The van der Waals surface area contributed by atoms with Gasteiger partial charge in [0.1, 0.15) is 11.8 Å². The van der Waals surface area contributed by atoms with Gasteiger partial charge in [0.2, 0.25) is 5.91 Å². The molecular formula is C12H16N2O3. The zero-order valence-corrected chi connectivity index (χ0v) is 9.69. The molecule has 1 saturated heterocycles. The first-order chi connectivity index (χ1) is 8.18. The number of carbonyl (C=O) groups is 1. The normalized spacial score (nSPS) is 19.9. The maximum absolute atomic E-state index is 11.9. The van der Waals surface area contributed by atoms with Gasteiger partial charge >= 0.3 is 0 Å². The van der Waals surface area contributed by atoms with Crippen molar-refractivity contribution in [2.45, 2.75) is 13.0 Å². The molecule has 0 aliphatic carbocycles. The van der Waals surface area contributed by atoms with E-state index in [0.717, 1.165) is 5.56 Å². The zero-order valence-electron chi connectivity index (χ0n) is 9.69. The Bertz CT molecular complexity index is 414. The van der Waals surface area contributed by atoms with E-state index in [0.29, 0.717) is 25.4 Å². The fourth-order valence-electron chi connectivity index (χ4n) is 1.71. The second-order valence-electron chi connectivity index (χ2n) is 4.04. The quantitative estimate of drug-likeness (QED) is 0.659. The van der Waals surface area contributed by atoms with Crippen LogP contribution >= 0.6 is 0 Å². The average Bonchev–Trinajstić information content (AvgIpc) is 2.36. The Hall–Kier alpha value is -1.59. The third-order valence-electron chi connectivity index (χ3n) is 2.73. The Morgan fingerprint density at radius 3 is 3.12 bits per heavy atom. The molecule has 1 heterocycles. The predicted molar refractivity (Wildman–Crippen MR) is 64.1 cm³/mol. The number of hydrogen-bond acceptors (Lipinski definition) is 4. The summed E-state index contributed by atoms with van der Waals surface area (Å²) in [6, 6.07) is 4.88. The molecule has 1 aromatic carbocycles. The number of ether oxygens (including phenoxy) is 1. The molecule has 2 rings (SSSR count). The number of carbonyl (C=O) groups excluding carboxylic acids is 1. The number of benzene rings is 1. The first-order valence-corrected chi connectivity index (χ1v) is 5.59. The van der Waals surface area contributed by atoms with Gasteiger partial charge in [-0.15, -0.1) is 0 Å². The number of phenolic OH excluding ortho intramolecular Hbond substituents is 1. The van der Waals surface area contributed by atoms with E-state index in [2.05, 4.69) is 10.6 Å². The third-order valence-corrected chi connectivity index (χ3v) is 2.73. The third kappa shape index (κ3) is 2.75. The molecular weight excluding hydrogens is 220 g/mol. The highest BCUT2D eigenvalue weighted by Crippen LogP contribution is 2.26. The van der Waals surface area contributed by atoms with Crippen molar-refractivity contribution in [3.63, 3.8) is 0 Å². The largest absolute Gasteiger partial charge is 0.505 e. The van der Waals surface area contributed by atoms with Crippen molar-refractivity contribution in [1.82, 2.24) is 5.32 Å². The van der Waals surface area contributed by atoms with E-state index in [1.165, 1.54) is 0 Å². The molecule has 17 heavy (non-hydrogen) atoms. The number of anilines is 1. The molecule has 92 valence electrons. The number of nitrogens with one attached hydrogen (secondary N) is 2. The maximum Gasteiger partial charge on any atom is 0.244 e. The van der Waals surface area contributed by atoms with Gasteiger partial charge in [0, 0.05) is 6.54 Å². The lowest BCUT2D eigenvalue weighted by molar-refractivity contribution is -0.120. The zero-order chi connectivity index (χ0) is 12.3. The summed E-state index contributed by atoms with van der Waals surface area (Å²) >= 11 is 0. The number of phenols is 1. The molecule has 5 heteroatoms. The van der Waals surface area contributed by atoms with Gasteiger partial charge in [-0.05, 0) is 18.6 Å². The molecule has 1 aromatic rings. The van der Waals surface area contributed by atoms with Gasteiger partial charge in [-0.25, -0.2) is 0 Å². The van der Waals surface area contributed by atoms with E-state index in [1.54, 1.807) is 25.1 Å². The molecule has 0 radical (unpaired) electrons. The van der Waals surface area contributed by atoms with Crippen LogP contribution in [0.3, 0.4) is 0 Å². The van der Waals surface area contributed by atoms with Crippen LogP contribution < -0.4 is 10.6 Å². The SMILES string of the molecule is Cc1cccc(NC(=O)C2COCCN2)c1O. The Labute approximate surface area is 99.8 Å². The molecule has 1 unspecified atom stereocenters. The van der Waals surface area contributed by atoms with Gasteiger partial charge in [0.25, 0.3) is 0 Å². The summed E-state index contributed by atoms with van der Waals surface area (Å²) in [7, 11) is 0. The minimum atomic E-state index is -0.358. The minimum Gasteiger partial charge on any atom is -0.505 e. The van der Waals surface area contributed by atoms with Crippen molar-refractivity contribution in [2.75, 3.05) is 25.1 Å². The van der Waals surface area contributed by atoms with E-state index in [1.807, 2.05) is 0 Å². The molecule has 1 aliphatic heterocycles. The summed E-state index contributed by atoms with van der Waals surface area (Å²) in [6.45, 7) is 3.43. The maximum atomic E-state index is 11.9. The van der Waals surface area contributed by atoms with Crippen molar-refractivity contribution in [1.29, 1.82) is 0 Å². The first-order valence-electron chi connectivity index (χ1n) is 5.59. The monoisotopic (exact) mass is 236 g/mol. The highest BCUT2D eigenvalue weighted by atomic mass is 16.5. The van der Waals surface area contributed by atoms with Crippen LogP contribution in [0.25, 0.3) is 0 Å². The minimum absolute atomic E-state index is 0.109. The number of hydrogen-bond donors (Lipinski definition) is 3. The standard InChI is InChI=1S/C12H16N2O3/c1-8-3-2-4-9(11(8)15)14-12(16)10-7-17-6-5-13-10/h2-4,10,13,15H,5-7H2,1H3,(H,14,16). The van der Waals surface area contributed by atoms with Gasteiger partial charge in [-0.2, -0.15) is 0 Å². The number of rotatable bonds is 2. The van der Waals surface area contributed by atoms with Gasteiger partial charge in [-0.3, -0.25) is 4.79 Å². The topological polar surface area (TPSA) is 70.6 Å². The predicted octanol–water partition coefficient (Wildman–Crippen LogP) is 0.628. The molecule has 1 aliphatic rings. The lowest BCUT2D eigenvalue weighted by Gasteiger charge is -2.23. The highest BCUT2D eigenvalue weighted by Gasteiger charge is 2.21. The molecule has 0 saturated carbocycles. The van der Waals surface area contributed by atoms with Gasteiger partial charge in [-0.1, -0.05) is 12.1 Å². The number of para-hydroxylation sites is 1. The van der Waals surface area contributed by atoms with Crippen LogP contribution in [-0.2, 0) is 9.53 Å². The fraction of sp³-hybridized carbons (Fsp3) is 0.417. The molecule has 0 spiro atoms.